The molecule has 21 heavy (non-hydrogen) atoms. The predicted molar refractivity (Wildman–Crippen MR) is 88.2 cm³/mol. The van der Waals surface area contributed by atoms with Gasteiger partial charge in [0.05, 0.1) is 13.2 Å². The largest absolute Gasteiger partial charge is 0.493 e. The maximum Gasteiger partial charge on any atom is 0.167 e. The first-order valence-electron chi connectivity index (χ1n) is 7.93. The zero-order valence-corrected chi connectivity index (χ0v) is 14.5. The fraction of sp³-hybridized carbons (Fsp3) is 0.647. The van der Waals surface area contributed by atoms with Crippen LogP contribution in [0, 0.1) is 0 Å². The fourth-order valence-electron chi connectivity index (χ4n) is 3.61. The van der Waals surface area contributed by atoms with Crippen LogP contribution >= 0.6 is 15.9 Å². The average Bonchev–Trinajstić information content (AvgIpc) is 3.11. The van der Waals surface area contributed by atoms with Gasteiger partial charge in [0.2, 0.25) is 0 Å². The second-order valence-corrected chi connectivity index (χ2v) is 7.19. The number of methoxy groups -OCH3 is 1. The van der Waals surface area contributed by atoms with E-state index in [1.807, 2.05) is 6.07 Å². The quantitative estimate of drug-likeness (QED) is 0.871. The van der Waals surface area contributed by atoms with Crippen LogP contribution in [-0.4, -0.2) is 19.8 Å². The van der Waals surface area contributed by atoms with Gasteiger partial charge in [0.25, 0.3) is 0 Å². The third-order valence-corrected chi connectivity index (χ3v) is 5.46. The van der Waals surface area contributed by atoms with Gasteiger partial charge in [-0.25, -0.2) is 0 Å². The third kappa shape index (κ3) is 2.93. The molecule has 3 rings (SSSR count). The van der Waals surface area contributed by atoms with E-state index in [4.69, 9.17) is 9.47 Å². The van der Waals surface area contributed by atoms with Crippen LogP contribution in [0.4, 0.5) is 0 Å². The van der Waals surface area contributed by atoms with E-state index in [0.717, 1.165) is 41.8 Å². The Morgan fingerprint density at radius 3 is 2.62 bits per heavy atom. The molecule has 116 valence electrons. The van der Waals surface area contributed by atoms with Crippen molar-refractivity contribution in [3.63, 3.8) is 0 Å². The number of nitrogens with one attached hydrogen (secondary N) is 1. The second-order valence-electron chi connectivity index (χ2n) is 6.34. The van der Waals surface area contributed by atoms with Crippen molar-refractivity contribution in [2.24, 2.45) is 0 Å². The molecular weight excluding hydrogens is 330 g/mol. The minimum Gasteiger partial charge on any atom is -0.493 e. The smallest absolute Gasteiger partial charge is 0.167 e. The lowest BCUT2D eigenvalue weighted by Crippen LogP contribution is -2.34. The third-order valence-electron chi connectivity index (χ3n) is 4.80. The van der Waals surface area contributed by atoms with Crippen molar-refractivity contribution >= 4 is 15.9 Å². The molecule has 1 aromatic rings. The van der Waals surface area contributed by atoms with Crippen molar-refractivity contribution in [1.82, 2.24) is 5.32 Å². The minimum absolute atomic E-state index is 0.0404. The van der Waals surface area contributed by atoms with E-state index in [-0.39, 0.29) is 5.54 Å². The Kier molecular flexibility index (Phi) is 4.46. The summed E-state index contributed by atoms with van der Waals surface area (Å²) in [5.74, 6) is 1.77. The molecule has 0 radical (unpaired) electrons. The summed E-state index contributed by atoms with van der Waals surface area (Å²) < 4.78 is 13.1. The molecule has 1 aromatic carbocycles. The Morgan fingerprint density at radius 2 is 2.00 bits per heavy atom. The second kappa shape index (κ2) is 6.17. The van der Waals surface area contributed by atoms with Crippen LogP contribution in [0.15, 0.2) is 16.6 Å². The lowest BCUT2D eigenvalue weighted by atomic mass is 9.89. The van der Waals surface area contributed by atoms with E-state index in [1.165, 1.54) is 24.8 Å². The molecule has 3 nitrogen and oxygen atoms in total. The molecule has 1 saturated carbocycles. The average molecular weight is 354 g/mol. The van der Waals surface area contributed by atoms with E-state index in [9.17, 15) is 0 Å². The summed E-state index contributed by atoms with van der Waals surface area (Å²) in [7, 11) is 1.72. The molecule has 1 saturated heterocycles. The maximum absolute atomic E-state index is 6.39. The fourth-order valence-corrected chi connectivity index (χ4v) is 4.36. The number of hydrogen-bond acceptors (Lipinski definition) is 3. The van der Waals surface area contributed by atoms with Crippen molar-refractivity contribution in [3.05, 3.63) is 22.2 Å². The van der Waals surface area contributed by atoms with E-state index in [1.54, 1.807) is 7.11 Å². The summed E-state index contributed by atoms with van der Waals surface area (Å²) in [5, 5.41) is 3.64. The molecule has 1 aliphatic heterocycles. The number of halogens is 1. The van der Waals surface area contributed by atoms with Crippen LogP contribution in [-0.2, 0) is 5.54 Å². The van der Waals surface area contributed by atoms with Crippen molar-refractivity contribution < 1.29 is 9.47 Å². The Morgan fingerprint density at radius 1 is 1.24 bits per heavy atom. The summed E-state index contributed by atoms with van der Waals surface area (Å²) in [6.07, 6.45) is 7.50. The molecule has 0 bridgehead atoms. The number of ether oxygens (including phenoxy) is 2. The van der Waals surface area contributed by atoms with Crippen LogP contribution in [0.3, 0.4) is 0 Å². The topological polar surface area (TPSA) is 30.5 Å². The minimum atomic E-state index is -0.0404. The summed E-state index contributed by atoms with van der Waals surface area (Å²) in [4.78, 5) is 0. The lowest BCUT2D eigenvalue weighted by Gasteiger charge is -2.30. The van der Waals surface area contributed by atoms with Gasteiger partial charge < -0.3 is 14.8 Å². The monoisotopic (exact) mass is 353 g/mol. The molecule has 1 N–H and O–H groups in total. The highest BCUT2D eigenvalue weighted by Crippen LogP contribution is 2.46. The van der Waals surface area contributed by atoms with Crippen LogP contribution in [0.2, 0.25) is 0 Å². The van der Waals surface area contributed by atoms with Crippen LogP contribution in [0.1, 0.15) is 51.0 Å². The summed E-state index contributed by atoms with van der Waals surface area (Å²) in [6, 6.07) is 4.07. The highest BCUT2D eigenvalue weighted by molar-refractivity contribution is 9.10. The maximum atomic E-state index is 6.39. The predicted octanol–water partition coefficient (Wildman–Crippen LogP) is 4.38. The standard InChI is InChI=1S/C17H24BrNO2/c1-17(10-5-11-19-17)15-13(18)8-9-14(20-2)16(15)21-12-6-3-4-7-12/h8-9,12,19H,3-7,10-11H2,1-2H3. The zero-order valence-electron chi connectivity index (χ0n) is 12.9. The Hall–Kier alpha value is -0.740. The molecule has 0 spiro atoms. The highest BCUT2D eigenvalue weighted by Gasteiger charge is 2.36. The number of benzene rings is 1. The lowest BCUT2D eigenvalue weighted by molar-refractivity contribution is 0.193. The Bertz CT molecular complexity index is 506. The van der Waals surface area contributed by atoms with Gasteiger partial charge in [-0.05, 0) is 64.1 Å². The molecule has 1 heterocycles. The molecule has 2 aliphatic rings. The van der Waals surface area contributed by atoms with Crippen LogP contribution in [0.25, 0.3) is 0 Å². The van der Waals surface area contributed by atoms with Crippen molar-refractivity contribution in [1.29, 1.82) is 0 Å². The van der Waals surface area contributed by atoms with Gasteiger partial charge in [-0.1, -0.05) is 15.9 Å². The van der Waals surface area contributed by atoms with Gasteiger partial charge in [0, 0.05) is 15.6 Å². The summed E-state index contributed by atoms with van der Waals surface area (Å²) in [6.45, 7) is 3.32. The summed E-state index contributed by atoms with van der Waals surface area (Å²) >= 11 is 3.73. The van der Waals surface area contributed by atoms with Crippen molar-refractivity contribution in [3.8, 4) is 11.5 Å². The molecule has 1 aliphatic carbocycles. The van der Waals surface area contributed by atoms with E-state index in [0.29, 0.717) is 6.10 Å². The molecule has 1 unspecified atom stereocenters. The van der Waals surface area contributed by atoms with Gasteiger partial charge in [0.1, 0.15) is 0 Å². The van der Waals surface area contributed by atoms with Crippen molar-refractivity contribution in [2.75, 3.05) is 13.7 Å². The molecule has 1 atom stereocenters. The van der Waals surface area contributed by atoms with Gasteiger partial charge in [-0.3, -0.25) is 0 Å². The van der Waals surface area contributed by atoms with E-state index in [2.05, 4.69) is 34.2 Å². The number of rotatable bonds is 4. The molecular formula is C17H24BrNO2. The van der Waals surface area contributed by atoms with Gasteiger partial charge in [0.15, 0.2) is 11.5 Å². The van der Waals surface area contributed by atoms with Crippen LogP contribution < -0.4 is 14.8 Å². The first-order chi connectivity index (χ1) is 10.1. The first kappa shape index (κ1) is 15.2. The van der Waals surface area contributed by atoms with Crippen LogP contribution in [0.5, 0.6) is 11.5 Å². The normalized spacial score (nSPS) is 26.2. The summed E-state index contributed by atoms with van der Waals surface area (Å²) in [5.41, 5.74) is 1.17. The SMILES string of the molecule is COc1ccc(Br)c(C2(C)CCCN2)c1OC1CCCC1. The molecule has 0 amide bonds. The number of hydrogen-bond donors (Lipinski definition) is 1. The highest BCUT2D eigenvalue weighted by atomic mass is 79.9. The van der Waals surface area contributed by atoms with E-state index < -0.39 is 0 Å². The van der Waals surface area contributed by atoms with Gasteiger partial charge in [-0.15, -0.1) is 0 Å². The van der Waals surface area contributed by atoms with E-state index >= 15 is 0 Å². The Labute approximate surface area is 135 Å². The molecule has 4 heteroatoms. The molecule has 2 fully saturated rings. The Balaban J connectivity index is 2.03. The van der Waals surface area contributed by atoms with Crippen molar-refractivity contribution in [2.45, 2.75) is 57.1 Å². The van der Waals surface area contributed by atoms with Gasteiger partial charge in [-0.2, -0.15) is 0 Å². The first-order valence-corrected chi connectivity index (χ1v) is 8.72. The van der Waals surface area contributed by atoms with Gasteiger partial charge >= 0.3 is 0 Å². The zero-order chi connectivity index (χ0) is 14.9. The molecule has 0 aromatic heterocycles.